The van der Waals surface area contributed by atoms with Gasteiger partial charge < -0.3 is 5.11 Å². The second-order valence-corrected chi connectivity index (χ2v) is 7.07. The van der Waals surface area contributed by atoms with Crippen LogP contribution < -0.4 is 0 Å². The van der Waals surface area contributed by atoms with E-state index in [4.69, 9.17) is 5.11 Å². The summed E-state index contributed by atoms with van der Waals surface area (Å²) < 4.78 is 79.5. The summed E-state index contributed by atoms with van der Waals surface area (Å²) in [5.41, 5.74) is 0. The number of carbonyl (C=O) groups is 1. The molecule has 128 valence electrons. The predicted molar refractivity (Wildman–Crippen MR) is 70.0 cm³/mol. The molecule has 2 rings (SSSR count). The number of hydrogen-bond donors (Lipinski definition) is 1. The topological polar surface area (TPSA) is 74.7 Å². The minimum absolute atomic E-state index is 0.0939. The Morgan fingerprint density at radius 2 is 1.74 bits per heavy atom. The molecule has 0 aliphatic carbocycles. The van der Waals surface area contributed by atoms with E-state index in [1.807, 2.05) is 0 Å². The Labute approximate surface area is 129 Å². The summed E-state index contributed by atoms with van der Waals surface area (Å²) in [7, 11) is -4.94. The van der Waals surface area contributed by atoms with Crippen LogP contribution in [0.2, 0.25) is 0 Å². The molecule has 2 atom stereocenters. The number of halogens is 4. The van der Waals surface area contributed by atoms with Crippen molar-refractivity contribution in [1.29, 1.82) is 0 Å². The lowest BCUT2D eigenvalue weighted by atomic mass is 9.92. The summed E-state index contributed by atoms with van der Waals surface area (Å²) in [6.07, 6.45) is 0.326. The lowest BCUT2D eigenvalue weighted by molar-refractivity contribution is -0.144. The number of benzene rings is 1. The third-order valence-corrected chi connectivity index (χ3v) is 5.89. The molecular weight excluding hydrogens is 342 g/mol. The first-order valence-corrected chi connectivity index (χ1v) is 8.10. The van der Waals surface area contributed by atoms with Crippen molar-refractivity contribution < 1.29 is 35.9 Å². The fraction of sp³-hybridized carbons (Fsp3) is 0.462. The van der Waals surface area contributed by atoms with Gasteiger partial charge in [0.15, 0.2) is 28.2 Å². The molecule has 0 radical (unpaired) electrons. The summed E-state index contributed by atoms with van der Waals surface area (Å²) in [6.45, 7) is 1.06. The summed E-state index contributed by atoms with van der Waals surface area (Å²) in [5.74, 6) is -10.1. The molecule has 1 heterocycles. The van der Waals surface area contributed by atoms with Crippen LogP contribution in [0.5, 0.6) is 0 Å². The molecule has 0 saturated carbocycles. The van der Waals surface area contributed by atoms with Crippen LogP contribution in [-0.2, 0) is 14.8 Å². The first-order chi connectivity index (χ1) is 10.6. The van der Waals surface area contributed by atoms with E-state index in [1.165, 1.54) is 6.92 Å². The third kappa shape index (κ3) is 2.92. The molecule has 1 aromatic carbocycles. The molecule has 5 nitrogen and oxygen atoms in total. The smallest absolute Gasteiger partial charge is 0.308 e. The highest BCUT2D eigenvalue weighted by atomic mass is 32.2. The SMILES string of the molecule is C[C@@H]1[C@H](C(=O)O)CCCN1S(=O)(=O)c1c(F)c(F)cc(F)c1F. The van der Waals surface area contributed by atoms with Gasteiger partial charge in [0.05, 0.1) is 5.92 Å². The molecule has 0 unspecified atom stereocenters. The van der Waals surface area contributed by atoms with Gasteiger partial charge >= 0.3 is 5.97 Å². The molecule has 0 spiro atoms. The molecule has 10 heteroatoms. The number of carboxylic acids is 1. The van der Waals surface area contributed by atoms with Crippen molar-refractivity contribution in [1.82, 2.24) is 4.31 Å². The Bertz CT molecular complexity index is 727. The molecular formula is C13H13F4NO4S. The number of nitrogens with zero attached hydrogens (tertiary/aromatic N) is 1. The Balaban J connectivity index is 2.57. The van der Waals surface area contributed by atoms with Gasteiger partial charge in [-0.25, -0.2) is 26.0 Å². The van der Waals surface area contributed by atoms with Crippen molar-refractivity contribution in [3.8, 4) is 0 Å². The highest BCUT2D eigenvalue weighted by Gasteiger charge is 2.42. The van der Waals surface area contributed by atoms with E-state index in [0.29, 0.717) is 4.31 Å². The van der Waals surface area contributed by atoms with Gasteiger partial charge in [0.25, 0.3) is 0 Å². The van der Waals surface area contributed by atoms with Gasteiger partial charge in [-0.2, -0.15) is 4.31 Å². The van der Waals surface area contributed by atoms with E-state index in [2.05, 4.69) is 0 Å². The molecule has 1 aliphatic rings. The number of aliphatic carboxylic acids is 1. The maximum atomic E-state index is 13.8. The highest BCUT2D eigenvalue weighted by Crippen LogP contribution is 2.32. The zero-order valence-corrected chi connectivity index (χ0v) is 12.7. The van der Waals surface area contributed by atoms with E-state index in [-0.39, 0.29) is 25.5 Å². The van der Waals surface area contributed by atoms with Crippen molar-refractivity contribution in [2.24, 2.45) is 5.92 Å². The van der Waals surface area contributed by atoms with Gasteiger partial charge in [-0.3, -0.25) is 4.79 Å². The third-order valence-electron chi connectivity index (χ3n) is 3.89. The van der Waals surface area contributed by atoms with Crippen molar-refractivity contribution in [3.05, 3.63) is 29.3 Å². The van der Waals surface area contributed by atoms with E-state index >= 15 is 0 Å². The van der Waals surface area contributed by atoms with E-state index in [9.17, 15) is 30.8 Å². The minimum atomic E-state index is -4.94. The van der Waals surface area contributed by atoms with Crippen molar-refractivity contribution in [3.63, 3.8) is 0 Å². The molecule has 23 heavy (non-hydrogen) atoms. The standard InChI is InChI=1S/C13H13F4NO4S/c1-6-7(13(19)20)3-2-4-18(6)23(21,22)12-10(16)8(14)5-9(15)11(12)17/h5-7H,2-4H2,1H3,(H,19,20)/t6-,7-/m1/s1. The van der Waals surface area contributed by atoms with Crippen LogP contribution in [0.3, 0.4) is 0 Å². The van der Waals surface area contributed by atoms with E-state index < -0.39 is 56.1 Å². The summed E-state index contributed by atoms with van der Waals surface area (Å²) >= 11 is 0. The van der Waals surface area contributed by atoms with E-state index in [0.717, 1.165) is 0 Å². The second-order valence-electron chi connectivity index (χ2n) is 5.24. The Morgan fingerprint density at radius 1 is 1.22 bits per heavy atom. The van der Waals surface area contributed by atoms with Crippen molar-refractivity contribution in [2.75, 3.05) is 6.54 Å². The van der Waals surface area contributed by atoms with Crippen LogP contribution in [0, 0.1) is 29.2 Å². The average Bonchev–Trinajstić information content (AvgIpc) is 2.45. The zero-order valence-electron chi connectivity index (χ0n) is 11.9. The van der Waals surface area contributed by atoms with Gasteiger partial charge in [0, 0.05) is 18.7 Å². The largest absolute Gasteiger partial charge is 0.481 e. The van der Waals surface area contributed by atoms with Crippen molar-refractivity contribution in [2.45, 2.75) is 30.7 Å². The number of piperidine rings is 1. The van der Waals surface area contributed by atoms with Crippen LogP contribution in [0.4, 0.5) is 17.6 Å². The molecule has 0 aromatic heterocycles. The first kappa shape index (κ1) is 17.7. The normalized spacial score (nSPS) is 23.0. The number of carboxylic acid groups (broad SMARTS) is 1. The summed E-state index contributed by atoms with van der Waals surface area (Å²) in [6, 6.07) is -1.21. The second kappa shape index (κ2) is 6.08. The first-order valence-electron chi connectivity index (χ1n) is 6.66. The van der Waals surface area contributed by atoms with Gasteiger partial charge in [0.2, 0.25) is 10.0 Å². The van der Waals surface area contributed by atoms with Crippen molar-refractivity contribution >= 4 is 16.0 Å². The molecule has 0 bridgehead atoms. The van der Waals surface area contributed by atoms with Crippen LogP contribution in [0.1, 0.15) is 19.8 Å². The van der Waals surface area contributed by atoms with E-state index in [1.54, 1.807) is 0 Å². The van der Waals surface area contributed by atoms with Gasteiger partial charge in [-0.15, -0.1) is 0 Å². The predicted octanol–water partition coefficient (Wildman–Crippen LogP) is 2.12. The molecule has 1 aromatic rings. The minimum Gasteiger partial charge on any atom is -0.481 e. The number of rotatable bonds is 3. The molecule has 1 aliphatic heterocycles. The molecule has 1 saturated heterocycles. The van der Waals surface area contributed by atoms with Crippen LogP contribution >= 0.6 is 0 Å². The summed E-state index contributed by atoms with van der Waals surface area (Å²) in [4.78, 5) is 9.38. The monoisotopic (exact) mass is 355 g/mol. The zero-order chi connectivity index (χ0) is 17.5. The Hall–Kier alpha value is -1.68. The van der Waals surface area contributed by atoms with Gasteiger partial charge in [-0.1, -0.05) is 0 Å². The Kier molecular flexibility index (Phi) is 4.67. The molecule has 1 fully saturated rings. The maximum absolute atomic E-state index is 13.8. The average molecular weight is 355 g/mol. The van der Waals surface area contributed by atoms with Crippen LogP contribution in [0.15, 0.2) is 11.0 Å². The fourth-order valence-corrected chi connectivity index (χ4v) is 4.51. The molecule has 1 N–H and O–H groups in total. The van der Waals surface area contributed by atoms with Crippen LogP contribution in [-0.4, -0.2) is 36.4 Å². The quantitative estimate of drug-likeness (QED) is 0.666. The summed E-state index contributed by atoms with van der Waals surface area (Å²) in [5, 5.41) is 9.07. The lowest BCUT2D eigenvalue weighted by Gasteiger charge is -2.36. The fourth-order valence-electron chi connectivity index (χ4n) is 2.68. The van der Waals surface area contributed by atoms with Crippen LogP contribution in [0.25, 0.3) is 0 Å². The molecule has 0 amide bonds. The number of sulfonamides is 1. The van der Waals surface area contributed by atoms with Gasteiger partial charge in [0.1, 0.15) is 0 Å². The Morgan fingerprint density at radius 3 is 2.22 bits per heavy atom. The van der Waals surface area contributed by atoms with Gasteiger partial charge in [-0.05, 0) is 19.8 Å². The highest BCUT2D eigenvalue weighted by molar-refractivity contribution is 7.89. The lowest BCUT2D eigenvalue weighted by Crippen LogP contribution is -2.49. The maximum Gasteiger partial charge on any atom is 0.308 e. The number of hydrogen-bond acceptors (Lipinski definition) is 3.